The van der Waals surface area contributed by atoms with Crippen molar-refractivity contribution in [2.75, 3.05) is 26.3 Å². The van der Waals surface area contributed by atoms with Gasteiger partial charge in [0.1, 0.15) is 6.04 Å². The molecule has 24 heavy (non-hydrogen) atoms. The lowest BCUT2D eigenvalue weighted by molar-refractivity contribution is 0.102. The van der Waals surface area contributed by atoms with E-state index < -0.39 is 0 Å². The Balaban J connectivity index is 1.46. The van der Waals surface area contributed by atoms with Gasteiger partial charge < -0.3 is 19.5 Å². The molecule has 2 aliphatic rings. The summed E-state index contributed by atoms with van der Waals surface area (Å²) in [5.74, 6) is 1.94. The number of ether oxygens (including phenoxy) is 1. The fourth-order valence-corrected chi connectivity index (χ4v) is 3.61. The number of urea groups is 1. The Bertz CT molecular complexity index is 528. The summed E-state index contributed by atoms with van der Waals surface area (Å²) in [5.41, 5.74) is 0. The minimum atomic E-state index is -0.0998. The van der Waals surface area contributed by atoms with Crippen LogP contribution in [0.15, 0.2) is 4.52 Å². The van der Waals surface area contributed by atoms with E-state index in [4.69, 9.17) is 9.26 Å². The molecule has 1 atom stereocenters. The fraction of sp³-hybridized carbons (Fsp3) is 0.824. The number of carbonyl (C=O) groups excluding carboxylic acids is 1. The van der Waals surface area contributed by atoms with Gasteiger partial charge in [-0.05, 0) is 38.5 Å². The molecular formula is C17H28N4O3. The molecule has 1 aliphatic carbocycles. The molecule has 1 saturated carbocycles. The normalized spacial score (nSPS) is 21.5. The monoisotopic (exact) mass is 336 g/mol. The summed E-state index contributed by atoms with van der Waals surface area (Å²) < 4.78 is 11.2. The van der Waals surface area contributed by atoms with Crippen molar-refractivity contribution in [2.24, 2.45) is 5.92 Å². The van der Waals surface area contributed by atoms with Crippen LogP contribution in [0.1, 0.15) is 63.2 Å². The molecule has 1 aromatic rings. The van der Waals surface area contributed by atoms with Gasteiger partial charge in [-0.1, -0.05) is 18.0 Å². The molecule has 0 radical (unpaired) electrons. The number of aromatic nitrogens is 2. The van der Waals surface area contributed by atoms with Gasteiger partial charge in [0.2, 0.25) is 5.89 Å². The van der Waals surface area contributed by atoms with Crippen LogP contribution in [-0.4, -0.2) is 47.4 Å². The zero-order valence-corrected chi connectivity index (χ0v) is 14.5. The number of amides is 2. The van der Waals surface area contributed by atoms with Crippen LogP contribution < -0.4 is 5.32 Å². The van der Waals surface area contributed by atoms with Crippen LogP contribution in [0.25, 0.3) is 0 Å². The van der Waals surface area contributed by atoms with Gasteiger partial charge in [0, 0.05) is 26.1 Å². The van der Waals surface area contributed by atoms with Crippen molar-refractivity contribution in [1.82, 2.24) is 20.4 Å². The zero-order chi connectivity index (χ0) is 16.8. The summed E-state index contributed by atoms with van der Waals surface area (Å²) in [6.07, 6.45) is 7.76. The van der Waals surface area contributed by atoms with Crippen LogP contribution in [0.5, 0.6) is 0 Å². The van der Waals surface area contributed by atoms with Crippen molar-refractivity contribution < 1.29 is 14.1 Å². The molecule has 1 aliphatic heterocycles. The maximum atomic E-state index is 12.1. The highest BCUT2D eigenvalue weighted by atomic mass is 16.5. The molecule has 0 aromatic carbocycles. The minimum absolute atomic E-state index is 0.0559. The van der Waals surface area contributed by atoms with Crippen LogP contribution in [0.2, 0.25) is 0 Å². The van der Waals surface area contributed by atoms with Crippen molar-refractivity contribution in [1.29, 1.82) is 0 Å². The van der Waals surface area contributed by atoms with E-state index in [1.807, 2.05) is 6.92 Å². The number of likely N-dealkylation sites (tertiary alicyclic amines) is 1. The minimum Gasteiger partial charge on any atom is -0.381 e. The number of nitrogens with one attached hydrogen (secondary N) is 1. The molecule has 1 aromatic heterocycles. The average molecular weight is 336 g/mol. The van der Waals surface area contributed by atoms with Gasteiger partial charge in [0.05, 0.1) is 6.61 Å². The van der Waals surface area contributed by atoms with Crippen LogP contribution in [0, 0.1) is 5.92 Å². The summed E-state index contributed by atoms with van der Waals surface area (Å²) in [6.45, 7) is 4.74. The van der Waals surface area contributed by atoms with Gasteiger partial charge >= 0.3 is 6.03 Å². The lowest BCUT2D eigenvalue weighted by Crippen LogP contribution is -2.39. The second kappa shape index (κ2) is 8.46. The highest BCUT2D eigenvalue weighted by Gasteiger charge is 2.33. The van der Waals surface area contributed by atoms with Crippen LogP contribution in [0.3, 0.4) is 0 Å². The van der Waals surface area contributed by atoms with Crippen molar-refractivity contribution in [2.45, 2.75) is 57.9 Å². The summed E-state index contributed by atoms with van der Waals surface area (Å²) in [6, 6.07) is -0.156. The van der Waals surface area contributed by atoms with Crippen molar-refractivity contribution in [3.05, 3.63) is 11.7 Å². The summed E-state index contributed by atoms with van der Waals surface area (Å²) in [5, 5.41) is 6.89. The molecule has 134 valence electrons. The third kappa shape index (κ3) is 4.26. The predicted octanol–water partition coefficient (Wildman–Crippen LogP) is 2.69. The zero-order valence-electron chi connectivity index (χ0n) is 14.5. The van der Waals surface area contributed by atoms with Gasteiger partial charge in [0.15, 0.2) is 5.82 Å². The van der Waals surface area contributed by atoms with Gasteiger partial charge in [-0.2, -0.15) is 4.98 Å². The Labute approximate surface area is 143 Å². The first-order chi connectivity index (χ1) is 11.8. The molecule has 7 nitrogen and oxygen atoms in total. The highest BCUT2D eigenvalue weighted by molar-refractivity contribution is 5.74. The quantitative estimate of drug-likeness (QED) is 0.774. The van der Waals surface area contributed by atoms with Crippen LogP contribution in [-0.2, 0) is 11.2 Å². The van der Waals surface area contributed by atoms with Gasteiger partial charge in [-0.25, -0.2) is 4.79 Å². The van der Waals surface area contributed by atoms with Gasteiger partial charge in [-0.15, -0.1) is 0 Å². The standard InChI is InChI=1S/C17H28N4O3/c1-2-18-17(22)21-10-5-8-14(21)16-19-15(20-24-16)9-11-23-12-13-6-3-4-7-13/h13-14H,2-12H2,1H3,(H,18,22). The lowest BCUT2D eigenvalue weighted by atomic mass is 10.1. The molecule has 1 N–H and O–H groups in total. The van der Waals surface area contributed by atoms with Crippen molar-refractivity contribution in [3.63, 3.8) is 0 Å². The lowest BCUT2D eigenvalue weighted by Gasteiger charge is -2.21. The molecule has 2 amide bonds. The second-order valence-electron chi connectivity index (χ2n) is 6.71. The Kier molecular flexibility index (Phi) is 6.07. The molecule has 1 unspecified atom stereocenters. The number of hydrogen-bond donors (Lipinski definition) is 1. The first-order valence-electron chi connectivity index (χ1n) is 9.22. The number of carbonyl (C=O) groups is 1. The smallest absolute Gasteiger partial charge is 0.318 e. The van der Waals surface area contributed by atoms with Gasteiger partial charge in [0.25, 0.3) is 0 Å². The molecule has 0 bridgehead atoms. The highest BCUT2D eigenvalue weighted by Crippen LogP contribution is 2.30. The average Bonchev–Trinajstić information content (AvgIpc) is 3.31. The van der Waals surface area contributed by atoms with E-state index in [-0.39, 0.29) is 12.1 Å². The van der Waals surface area contributed by atoms with Crippen LogP contribution in [0.4, 0.5) is 4.79 Å². The second-order valence-corrected chi connectivity index (χ2v) is 6.71. The Morgan fingerprint density at radius 1 is 1.33 bits per heavy atom. The first kappa shape index (κ1) is 17.2. The number of nitrogens with zero attached hydrogens (tertiary/aromatic N) is 3. The fourth-order valence-electron chi connectivity index (χ4n) is 3.61. The molecule has 2 heterocycles. The van der Waals surface area contributed by atoms with Crippen LogP contribution >= 0.6 is 0 Å². The van der Waals surface area contributed by atoms with Gasteiger partial charge in [-0.3, -0.25) is 0 Å². The van der Waals surface area contributed by atoms with E-state index in [2.05, 4.69) is 15.5 Å². The maximum Gasteiger partial charge on any atom is 0.318 e. The summed E-state index contributed by atoms with van der Waals surface area (Å²) in [7, 11) is 0. The Morgan fingerprint density at radius 2 is 2.17 bits per heavy atom. The first-order valence-corrected chi connectivity index (χ1v) is 9.22. The Hall–Kier alpha value is -1.63. The van der Waals surface area contributed by atoms with E-state index in [1.54, 1.807) is 4.90 Å². The summed E-state index contributed by atoms with van der Waals surface area (Å²) >= 11 is 0. The Morgan fingerprint density at radius 3 is 2.96 bits per heavy atom. The molecule has 3 rings (SSSR count). The molecule has 0 spiro atoms. The van der Waals surface area contributed by atoms with Crippen molar-refractivity contribution >= 4 is 6.03 Å². The molecular weight excluding hydrogens is 308 g/mol. The van der Waals surface area contributed by atoms with E-state index >= 15 is 0 Å². The maximum absolute atomic E-state index is 12.1. The van der Waals surface area contributed by atoms with E-state index in [0.29, 0.717) is 31.3 Å². The SMILES string of the molecule is CCNC(=O)N1CCCC1c1nc(CCOCC2CCCC2)no1. The van der Waals surface area contributed by atoms with E-state index in [1.165, 1.54) is 25.7 Å². The number of hydrogen-bond acceptors (Lipinski definition) is 5. The third-order valence-corrected chi connectivity index (χ3v) is 4.91. The van der Waals surface area contributed by atoms with E-state index in [9.17, 15) is 4.79 Å². The summed E-state index contributed by atoms with van der Waals surface area (Å²) in [4.78, 5) is 18.3. The molecule has 2 fully saturated rings. The predicted molar refractivity (Wildman–Crippen MR) is 88.5 cm³/mol. The molecule has 7 heteroatoms. The third-order valence-electron chi connectivity index (χ3n) is 4.91. The number of rotatable bonds is 7. The topological polar surface area (TPSA) is 80.5 Å². The van der Waals surface area contributed by atoms with E-state index in [0.717, 1.165) is 31.9 Å². The largest absolute Gasteiger partial charge is 0.381 e. The van der Waals surface area contributed by atoms with Crippen molar-refractivity contribution in [3.8, 4) is 0 Å². The molecule has 1 saturated heterocycles.